The first kappa shape index (κ1) is 43.0. The van der Waals surface area contributed by atoms with E-state index in [0.717, 1.165) is 0 Å². The van der Waals surface area contributed by atoms with Crippen molar-refractivity contribution in [2.24, 2.45) is 0 Å². The molecule has 46 heavy (non-hydrogen) atoms. The van der Waals surface area contributed by atoms with Gasteiger partial charge in [0.1, 0.15) is 0 Å². The van der Waals surface area contributed by atoms with E-state index in [1.165, 1.54) is 36.3 Å². The summed E-state index contributed by atoms with van der Waals surface area (Å²) in [6, 6.07) is 19.3. The molecule has 0 heterocycles. The maximum atomic E-state index is 2.87. The van der Waals surface area contributed by atoms with Gasteiger partial charge in [-0.25, -0.2) is 0 Å². The van der Waals surface area contributed by atoms with Crippen LogP contribution in [0.4, 0.5) is 0 Å². The van der Waals surface area contributed by atoms with Gasteiger partial charge in [0.25, 0.3) is 0 Å². The molecule has 0 N–H and O–H groups in total. The standard InChI is InChI=1S/C38H76Ge2Si6/c1-39(37-33(27-43(9,10)11)21-31(25-41(3,4)5)22-34(37)28-44(12,13)14)40(2)38-35(29-45(15,16)17)23-32(26-42(6,7)8)24-36(38)30-46(18,19)20/h21-24H,25-30H2,1-20H3/b40-39+. The van der Waals surface area contributed by atoms with Gasteiger partial charge in [-0.3, -0.25) is 0 Å². The Morgan fingerprint density at radius 1 is 0.326 bits per heavy atom. The van der Waals surface area contributed by atoms with Gasteiger partial charge in [-0.05, 0) is 0 Å². The minimum absolute atomic E-state index is 1.21. The van der Waals surface area contributed by atoms with Crippen molar-refractivity contribution in [1.29, 1.82) is 0 Å². The molecule has 2 aromatic carbocycles. The van der Waals surface area contributed by atoms with Crippen molar-refractivity contribution in [2.45, 2.75) is 166 Å². The van der Waals surface area contributed by atoms with Crippen LogP contribution >= 0.6 is 0 Å². The summed E-state index contributed by atoms with van der Waals surface area (Å²) < 4.78 is 3.98. The van der Waals surface area contributed by atoms with Crippen molar-refractivity contribution in [2.75, 3.05) is 0 Å². The fraction of sp³-hybridized carbons (Fsp3) is 0.684. The van der Waals surface area contributed by atoms with Crippen LogP contribution in [0.3, 0.4) is 0 Å². The van der Waals surface area contributed by atoms with E-state index >= 15 is 0 Å². The summed E-state index contributed by atoms with van der Waals surface area (Å²) in [6.45, 7) is 46.8. The first-order valence-electron chi connectivity index (χ1n) is 18.3. The van der Waals surface area contributed by atoms with Crippen LogP contribution in [0.1, 0.15) is 33.4 Å². The molecule has 0 amide bonds. The van der Waals surface area contributed by atoms with Crippen LogP contribution in [0.25, 0.3) is 0 Å². The summed E-state index contributed by atoms with van der Waals surface area (Å²) in [5.41, 5.74) is 10.7. The second-order valence-electron chi connectivity index (χ2n) is 22.3. The van der Waals surface area contributed by atoms with Gasteiger partial charge in [0, 0.05) is 0 Å². The van der Waals surface area contributed by atoms with Crippen LogP contribution in [-0.2, 0) is 36.3 Å². The second kappa shape index (κ2) is 15.6. The van der Waals surface area contributed by atoms with Gasteiger partial charge < -0.3 is 0 Å². The maximum absolute atomic E-state index is 2.87. The van der Waals surface area contributed by atoms with E-state index in [9.17, 15) is 0 Å². The minimum atomic E-state index is -1.58. The fourth-order valence-electron chi connectivity index (χ4n) is 7.29. The molecule has 2 aromatic rings. The van der Waals surface area contributed by atoms with E-state index in [-0.39, 0.29) is 0 Å². The molecule has 0 atom stereocenters. The van der Waals surface area contributed by atoms with Crippen LogP contribution < -0.4 is 8.79 Å². The van der Waals surface area contributed by atoms with Gasteiger partial charge in [0.2, 0.25) is 0 Å². The van der Waals surface area contributed by atoms with Crippen molar-refractivity contribution in [3.63, 3.8) is 0 Å². The summed E-state index contributed by atoms with van der Waals surface area (Å²) in [5, 5.41) is 0. The molecule has 2 rings (SSSR count). The fourth-order valence-corrected chi connectivity index (χ4v) is 39.5. The molecule has 0 aliphatic carbocycles. The van der Waals surface area contributed by atoms with Crippen molar-refractivity contribution in [3.05, 3.63) is 57.6 Å². The predicted octanol–water partition coefficient (Wildman–Crippen LogP) is 10.6. The molecular weight excluding hydrogens is 770 g/mol. The van der Waals surface area contributed by atoms with E-state index < -0.39 is 72.1 Å². The average molecular weight is 847 g/mol. The topological polar surface area (TPSA) is 0 Å². The molecule has 0 saturated heterocycles. The van der Waals surface area contributed by atoms with Gasteiger partial charge in [0.05, 0.1) is 0 Å². The zero-order chi connectivity index (χ0) is 35.8. The Morgan fingerprint density at radius 2 is 0.500 bits per heavy atom. The first-order valence-corrected chi connectivity index (χ1v) is 53.3. The Hall–Kier alpha value is 0.827. The molecule has 0 saturated carbocycles. The summed E-state index contributed by atoms with van der Waals surface area (Å²) in [6.07, 6.45) is 0. The third kappa shape index (κ3) is 15.4. The van der Waals surface area contributed by atoms with E-state index in [2.05, 4.69) is 154 Å². The van der Waals surface area contributed by atoms with Crippen LogP contribution in [0.2, 0.25) is 129 Å². The van der Waals surface area contributed by atoms with E-state index in [1.807, 2.05) is 31.0 Å². The van der Waals surface area contributed by atoms with E-state index in [1.54, 1.807) is 11.1 Å². The third-order valence-corrected chi connectivity index (χ3v) is 43.0. The Labute approximate surface area is 301 Å². The SMILES string of the molecule is [CH3]/[Ge]([c]1c(C[Si](C)(C)C)cc(C[Si](C)(C)C)cc1C[Si](C)(C)C)=[Ge](/[CH3])[c]1c(C[Si](C)(C)C)cc(C[Si](C)(C)C)cc1C[Si](C)(C)C. The Bertz CT molecular complexity index is 1220. The van der Waals surface area contributed by atoms with Crippen LogP contribution in [0.15, 0.2) is 24.3 Å². The van der Waals surface area contributed by atoms with Gasteiger partial charge in [-0.1, -0.05) is 0 Å². The molecular formula is C38H76Ge2Si6. The normalized spacial score (nSPS) is 14.5. The van der Waals surface area contributed by atoms with Crippen molar-refractivity contribution >= 4 is 80.9 Å². The number of hydrogen-bond donors (Lipinski definition) is 0. The molecule has 0 bridgehead atoms. The Kier molecular flexibility index (Phi) is 14.6. The zero-order valence-corrected chi connectivity index (χ0v) is 44.7. The quantitative estimate of drug-likeness (QED) is 0.166. The van der Waals surface area contributed by atoms with Gasteiger partial charge in [-0.2, -0.15) is 0 Å². The van der Waals surface area contributed by atoms with Gasteiger partial charge >= 0.3 is 304 Å². The zero-order valence-electron chi connectivity index (χ0n) is 34.6. The van der Waals surface area contributed by atoms with Crippen LogP contribution in [0.5, 0.6) is 0 Å². The molecule has 0 aliphatic heterocycles. The number of rotatable bonds is 14. The molecule has 8 heteroatoms. The summed E-state index contributed by atoms with van der Waals surface area (Å²) in [7, 11) is -7.55. The molecule has 0 spiro atoms. The number of hydrogen-bond acceptors (Lipinski definition) is 0. The number of benzene rings is 2. The van der Waals surface area contributed by atoms with Crippen LogP contribution in [-0.4, -0.2) is 72.1 Å². The van der Waals surface area contributed by atoms with E-state index in [0.29, 0.717) is 0 Å². The van der Waals surface area contributed by atoms with Gasteiger partial charge in [-0.15, -0.1) is 0 Å². The van der Waals surface area contributed by atoms with Crippen LogP contribution in [0, 0.1) is 0 Å². The van der Waals surface area contributed by atoms with Crippen molar-refractivity contribution in [1.82, 2.24) is 0 Å². The summed E-state index contributed by atoms with van der Waals surface area (Å²) in [4.78, 5) is 0. The van der Waals surface area contributed by atoms with Crippen molar-refractivity contribution in [3.8, 4) is 0 Å². The molecule has 0 fully saturated rings. The monoisotopic (exact) mass is 848 g/mol. The molecule has 0 radical (unpaired) electrons. The first-order chi connectivity index (χ1) is 20.3. The molecule has 0 nitrogen and oxygen atoms in total. The molecule has 0 unspecified atom stereocenters. The molecule has 0 aliphatic rings. The van der Waals surface area contributed by atoms with Gasteiger partial charge in [0.15, 0.2) is 0 Å². The Morgan fingerprint density at radius 3 is 0.652 bits per heavy atom. The summed E-state index contributed by atoms with van der Waals surface area (Å²) in [5.74, 6) is 5.74. The molecule has 260 valence electrons. The third-order valence-electron chi connectivity index (χ3n) is 8.39. The Balaban J connectivity index is 3.13. The molecule has 0 aromatic heterocycles. The predicted molar refractivity (Wildman–Crippen MR) is 238 cm³/mol. The second-order valence-corrected chi connectivity index (χ2v) is 78.8. The van der Waals surface area contributed by atoms with Crippen molar-refractivity contribution < 1.29 is 0 Å². The van der Waals surface area contributed by atoms with E-state index in [4.69, 9.17) is 0 Å². The summed E-state index contributed by atoms with van der Waals surface area (Å²) >= 11 is -3.15. The average Bonchev–Trinajstić information content (AvgIpc) is 2.71.